The van der Waals surface area contributed by atoms with Crippen molar-refractivity contribution in [2.75, 3.05) is 6.61 Å². The lowest BCUT2D eigenvalue weighted by molar-refractivity contribution is -0.180. The van der Waals surface area contributed by atoms with Crippen LogP contribution in [-0.4, -0.2) is 18.5 Å². The summed E-state index contributed by atoms with van der Waals surface area (Å²) in [5.41, 5.74) is 1.03. The molecule has 0 aliphatic rings. The van der Waals surface area contributed by atoms with E-state index in [0.717, 1.165) is 12.8 Å². The summed E-state index contributed by atoms with van der Waals surface area (Å²) in [7, 11) is 0. The van der Waals surface area contributed by atoms with E-state index in [1.807, 2.05) is 26.8 Å². The van der Waals surface area contributed by atoms with Crippen LogP contribution in [0.5, 0.6) is 0 Å². The molecular formula is C14H26O2. The molecule has 0 aliphatic carbocycles. The predicted molar refractivity (Wildman–Crippen MR) is 69.4 cm³/mol. The molecule has 0 rings (SSSR count). The van der Waals surface area contributed by atoms with Gasteiger partial charge in [-0.05, 0) is 47.5 Å². The third kappa shape index (κ3) is 6.81. The topological polar surface area (TPSA) is 18.5 Å². The summed E-state index contributed by atoms with van der Waals surface area (Å²) >= 11 is 0. The fourth-order valence-electron chi connectivity index (χ4n) is 1.50. The van der Waals surface area contributed by atoms with Gasteiger partial charge in [-0.3, -0.25) is 0 Å². The van der Waals surface area contributed by atoms with Crippen molar-refractivity contribution in [1.82, 2.24) is 0 Å². The molecule has 0 saturated carbocycles. The second kappa shape index (κ2) is 7.64. The van der Waals surface area contributed by atoms with Gasteiger partial charge in [-0.1, -0.05) is 17.7 Å². The van der Waals surface area contributed by atoms with Crippen molar-refractivity contribution < 1.29 is 9.47 Å². The minimum Gasteiger partial charge on any atom is -0.353 e. The highest BCUT2D eigenvalue weighted by Gasteiger charge is 2.23. The third-order valence-corrected chi connectivity index (χ3v) is 2.46. The third-order valence-electron chi connectivity index (χ3n) is 2.46. The number of allylic oxidation sites excluding steroid dienone is 2. The van der Waals surface area contributed by atoms with Crippen LogP contribution in [0.15, 0.2) is 24.3 Å². The molecule has 0 saturated heterocycles. The van der Waals surface area contributed by atoms with E-state index in [-0.39, 0.29) is 11.9 Å². The first-order chi connectivity index (χ1) is 7.43. The lowest BCUT2D eigenvalue weighted by Crippen LogP contribution is -2.31. The molecule has 94 valence electrons. The van der Waals surface area contributed by atoms with Crippen molar-refractivity contribution in [1.29, 1.82) is 0 Å². The summed E-state index contributed by atoms with van der Waals surface area (Å²) in [6.45, 7) is 14.7. The van der Waals surface area contributed by atoms with Gasteiger partial charge in [0, 0.05) is 6.61 Å². The van der Waals surface area contributed by atoms with Crippen molar-refractivity contribution in [2.45, 2.75) is 59.4 Å². The van der Waals surface area contributed by atoms with Crippen LogP contribution in [0, 0.1) is 0 Å². The van der Waals surface area contributed by atoms with E-state index >= 15 is 0 Å². The number of rotatable bonds is 8. The molecule has 0 amide bonds. The molecule has 0 bridgehead atoms. The Kier molecular flexibility index (Phi) is 7.35. The summed E-state index contributed by atoms with van der Waals surface area (Å²) in [5.74, 6) is 0. The molecule has 2 heteroatoms. The minimum atomic E-state index is -0.305. The highest BCUT2D eigenvalue weighted by molar-refractivity contribution is 4.99. The van der Waals surface area contributed by atoms with Gasteiger partial charge in [0.1, 0.15) is 0 Å². The van der Waals surface area contributed by atoms with Gasteiger partial charge in [0.15, 0.2) is 6.29 Å². The molecule has 0 aromatic carbocycles. The van der Waals surface area contributed by atoms with Crippen LogP contribution in [0.1, 0.15) is 47.5 Å². The van der Waals surface area contributed by atoms with Crippen LogP contribution in [0.4, 0.5) is 0 Å². The Morgan fingerprint density at radius 3 is 2.50 bits per heavy atom. The van der Waals surface area contributed by atoms with Gasteiger partial charge in [-0.15, -0.1) is 6.58 Å². The summed E-state index contributed by atoms with van der Waals surface area (Å²) in [6.07, 6.45) is 5.83. The van der Waals surface area contributed by atoms with Gasteiger partial charge >= 0.3 is 0 Å². The van der Waals surface area contributed by atoms with Crippen LogP contribution < -0.4 is 0 Å². The smallest absolute Gasteiger partial charge is 0.155 e. The summed E-state index contributed by atoms with van der Waals surface area (Å²) in [5, 5.41) is 0. The molecule has 0 fully saturated rings. The van der Waals surface area contributed by atoms with Crippen molar-refractivity contribution in [2.24, 2.45) is 0 Å². The summed E-state index contributed by atoms with van der Waals surface area (Å²) in [6, 6.07) is 0. The largest absolute Gasteiger partial charge is 0.353 e. The Bertz CT molecular complexity index is 229. The molecule has 2 nitrogen and oxygen atoms in total. The molecule has 0 aromatic heterocycles. The Labute approximate surface area is 100 Å². The minimum absolute atomic E-state index is 0.181. The SMILES string of the molecule is C=C[C@@](C)(CCC=C(C)C)O[C@@H](C)OCC. The highest BCUT2D eigenvalue weighted by atomic mass is 16.7. The van der Waals surface area contributed by atoms with Crippen LogP contribution in [0.2, 0.25) is 0 Å². The van der Waals surface area contributed by atoms with Crippen molar-refractivity contribution in [3.8, 4) is 0 Å². The maximum absolute atomic E-state index is 5.84. The predicted octanol–water partition coefficient (Wildman–Crippen LogP) is 4.08. The van der Waals surface area contributed by atoms with Gasteiger partial charge < -0.3 is 9.47 Å². The zero-order chi connectivity index (χ0) is 12.6. The van der Waals surface area contributed by atoms with Gasteiger partial charge in [0.2, 0.25) is 0 Å². The van der Waals surface area contributed by atoms with Crippen LogP contribution in [-0.2, 0) is 9.47 Å². The van der Waals surface area contributed by atoms with Gasteiger partial charge in [-0.25, -0.2) is 0 Å². The first-order valence-corrected chi connectivity index (χ1v) is 6.00. The molecule has 2 atom stereocenters. The number of hydrogen-bond acceptors (Lipinski definition) is 2. The van der Waals surface area contributed by atoms with E-state index in [1.54, 1.807) is 0 Å². The average Bonchev–Trinajstić information content (AvgIpc) is 2.17. The normalized spacial score (nSPS) is 16.3. The first kappa shape index (κ1) is 15.4. The molecule has 0 heterocycles. The molecule has 16 heavy (non-hydrogen) atoms. The fourth-order valence-corrected chi connectivity index (χ4v) is 1.50. The van der Waals surface area contributed by atoms with Crippen molar-refractivity contribution in [3.05, 3.63) is 24.3 Å². The Morgan fingerprint density at radius 2 is 2.06 bits per heavy atom. The Hall–Kier alpha value is -0.600. The Balaban J connectivity index is 4.19. The van der Waals surface area contributed by atoms with E-state index in [2.05, 4.69) is 26.5 Å². The fraction of sp³-hybridized carbons (Fsp3) is 0.714. The quantitative estimate of drug-likeness (QED) is 0.458. The van der Waals surface area contributed by atoms with E-state index in [9.17, 15) is 0 Å². The standard InChI is InChI=1S/C14H26O2/c1-7-14(6,11-9-10-12(3)4)16-13(5)15-8-2/h7,10,13H,1,8-9,11H2,2-6H3/t13-,14-/m0/s1. The lowest BCUT2D eigenvalue weighted by Gasteiger charge is -2.29. The number of hydrogen-bond donors (Lipinski definition) is 0. The molecule has 0 aliphatic heterocycles. The molecular weight excluding hydrogens is 200 g/mol. The maximum atomic E-state index is 5.84. The molecule has 0 radical (unpaired) electrons. The monoisotopic (exact) mass is 226 g/mol. The maximum Gasteiger partial charge on any atom is 0.155 e. The highest BCUT2D eigenvalue weighted by Crippen LogP contribution is 2.22. The van der Waals surface area contributed by atoms with Gasteiger partial charge in [0.05, 0.1) is 5.60 Å². The van der Waals surface area contributed by atoms with E-state index in [0.29, 0.717) is 6.61 Å². The van der Waals surface area contributed by atoms with Gasteiger partial charge in [0.25, 0.3) is 0 Å². The van der Waals surface area contributed by atoms with Crippen molar-refractivity contribution >= 4 is 0 Å². The second-order valence-corrected chi connectivity index (χ2v) is 4.48. The lowest BCUT2D eigenvalue weighted by atomic mass is 9.99. The van der Waals surface area contributed by atoms with Crippen molar-refractivity contribution in [3.63, 3.8) is 0 Å². The van der Waals surface area contributed by atoms with E-state index in [1.165, 1.54) is 5.57 Å². The van der Waals surface area contributed by atoms with Crippen LogP contribution in [0.25, 0.3) is 0 Å². The average molecular weight is 226 g/mol. The molecule has 0 aromatic rings. The van der Waals surface area contributed by atoms with E-state index < -0.39 is 0 Å². The summed E-state index contributed by atoms with van der Waals surface area (Å²) in [4.78, 5) is 0. The molecule has 0 spiro atoms. The molecule has 0 N–H and O–H groups in total. The molecule has 0 unspecified atom stereocenters. The Morgan fingerprint density at radius 1 is 1.44 bits per heavy atom. The van der Waals surface area contributed by atoms with Crippen LogP contribution >= 0.6 is 0 Å². The van der Waals surface area contributed by atoms with Gasteiger partial charge in [-0.2, -0.15) is 0 Å². The van der Waals surface area contributed by atoms with E-state index in [4.69, 9.17) is 9.47 Å². The summed E-state index contributed by atoms with van der Waals surface area (Å²) < 4.78 is 11.2. The zero-order valence-corrected chi connectivity index (χ0v) is 11.4. The zero-order valence-electron chi connectivity index (χ0n) is 11.4. The number of ether oxygens (including phenoxy) is 2. The van der Waals surface area contributed by atoms with Crippen LogP contribution in [0.3, 0.4) is 0 Å². The second-order valence-electron chi connectivity index (χ2n) is 4.48. The first-order valence-electron chi connectivity index (χ1n) is 6.00.